The smallest absolute Gasteiger partial charge is 0.326 e. The molecule has 0 aromatic carbocycles. The summed E-state index contributed by atoms with van der Waals surface area (Å²) in [5.41, 5.74) is -0.535. The molecule has 1 N–H and O–H groups in total. The van der Waals surface area contributed by atoms with Crippen molar-refractivity contribution in [2.75, 3.05) is 14.2 Å². The van der Waals surface area contributed by atoms with Crippen LogP contribution in [0.25, 0.3) is 0 Å². The lowest BCUT2D eigenvalue weighted by atomic mass is 9.98. The van der Waals surface area contributed by atoms with Gasteiger partial charge in [0.1, 0.15) is 11.4 Å². The maximum atomic E-state index is 12.0. The van der Waals surface area contributed by atoms with Crippen molar-refractivity contribution in [2.45, 2.75) is 50.6 Å². The molecule has 0 amide bonds. The molecule has 0 radical (unpaired) electrons. The molecule has 1 saturated carbocycles. The molecule has 106 valence electrons. The highest BCUT2D eigenvalue weighted by atomic mass is 16.5. The van der Waals surface area contributed by atoms with Crippen LogP contribution in [0.4, 0.5) is 0 Å². The van der Waals surface area contributed by atoms with E-state index in [2.05, 4.69) is 21.8 Å². The number of hydrogen-bond acceptors (Lipinski definition) is 4. The fraction of sp³-hybridized carbons (Fsp3) is 0.714. The van der Waals surface area contributed by atoms with Gasteiger partial charge < -0.3 is 14.6 Å². The fourth-order valence-electron chi connectivity index (χ4n) is 3.06. The van der Waals surface area contributed by atoms with Gasteiger partial charge >= 0.3 is 5.97 Å². The molecular weight excluding hydrogens is 242 g/mol. The van der Waals surface area contributed by atoms with Crippen molar-refractivity contribution in [3.8, 4) is 0 Å². The van der Waals surface area contributed by atoms with E-state index >= 15 is 0 Å². The van der Waals surface area contributed by atoms with Crippen molar-refractivity contribution in [3.63, 3.8) is 0 Å². The second-order valence-corrected chi connectivity index (χ2v) is 5.22. The van der Waals surface area contributed by atoms with E-state index < -0.39 is 5.54 Å². The third-order valence-corrected chi connectivity index (χ3v) is 4.16. The van der Waals surface area contributed by atoms with Gasteiger partial charge in [0.05, 0.1) is 7.11 Å². The monoisotopic (exact) mass is 265 g/mol. The number of aromatic nitrogens is 2. The van der Waals surface area contributed by atoms with Crippen LogP contribution >= 0.6 is 0 Å². The third-order valence-electron chi connectivity index (χ3n) is 4.16. The van der Waals surface area contributed by atoms with Gasteiger partial charge in [-0.2, -0.15) is 0 Å². The highest BCUT2D eigenvalue weighted by Crippen LogP contribution is 2.39. The zero-order valence-electron chi connectivity index (χ0n) is 12.0. The third kappa shape index (κ3) is 2.52. The summed E-state index contributed by atoms with van der Waals surface area (Å²) in [6.07, 6.45) is 8.49. The first-order valence-electron chi connectivity index (χ1n) is 6.96. The summed E-state index contributed by atoms with van der Waals surface area (Å²) in [4.78, 5) is 16.4. The van der Waals surface area contributed by atoms with Crippen molar-refractivity contribution >= 4 is 5.97 Å². The Balaban J connectivity index is 2.16. The van der Waals surface area contributed by atoms with E-state index in [9.17, 15) is 4.79 Å². The lowest BCUT2D eigenvalue weighted by Gasteiger charge is -2.26. The highest BCUT2D eigenvalue weighted by Gasteiger charge is 2.45. The molecule has 5 nitrogen and oxygen atoms in total. The van der Waals surface area contributed by atoms with Crippen LogP contribution in [-0.4, -0.2) is 35.2 Å². The number of carbonyl (C=O) groups is 1. The van der Waals surface area contributed by atoms with Gasteiger partial charge in [-0.15, -0.1) is 0 Å². The fourth-order valence-corrected chi connectivity index (χ4v) is 3.06. The Morgan fingerprint density at radius 2 is 2.47 bits per heavy atom. The molecule has 2 rings (SSSR count). The van der Waals surface area contributed by atoms with Crippen LogP contribution in [0.2, 0.25) is 0 Å². The number of hydrogen-bond donors (Lipinski definition) is 1. The van der Waals surface area contributed by atoms with Gasteiger partial charge in [-0.3, -0.25) is 4.79 Å². The standard InChI is InChI=1S/C14H23N3O2/c1-4-5-12-16-8-9-17(12)11-6-7-14(10-11,15-2)13(18)19-3/h8-9,11,15H,4-7,10H2,1-3H3. The second kappa shape index (κ2) is 5.74. The lowest BCUT2D eigenvalue weighted by Crippen LogP contribution is -2.49. The molecule has 19 heavy (non-hydrogen) atoms. The lowest BCUT2D eigenvalue weighted by molar-refractivity contribution is -0.148. The van der Waals surface area contributed by atoms with Gasteiger partial charge in [-0.1, -0.05) is 6.92 Å². The number of ether oxygens (including phenoxy) is 1. The molecule has 1 aliphatic carbocycles. The van der Waals surface area contributed by atoms with Crippen LogP contribution in [0.15, 0.2) is 12.4 Å². The van der Waals surface area contributed by atoms with Gasteiger partial charge in [-0.05, 0) is 32.7 Å². The van der Waals surface area contributed by atoms with E-state index in [1.807, 2.05) is 19.4 Å². The highest BCUT2D eigenvalue weighted by molar-refractivity contribution is 5.81. The topological polar surface area (TPSA) is 56.2 Å². The summed E-state index contributed by atoms with van der Waals surface area (Å²) in [6.45, 7) is 2.15. The first kappa shape index (κ1) is 14.1. The molecule has 0 saturated heterocycles. The van der Waals surface area contributed by atoms with Crippen molar-refractivity contribution in [2.24, 2.45) is 0 Å². The Morgan fingerprint density at radius 1 is 1.68 bits per heavy atom. The number of aryl methyl sites for hydroxylation is 1. The number of esters is 1. The van der Waals surface area contributed by atoms with Crippen LogP contribution in [0, 0.1) is 0 Å². The minimum Gasteiger partial charge on any atom is -0.468 e. The normalized spacial score (nSPS) is 26.6. The van der Waals surface area contributed by atoms with E-state index in [1.165, 1.54) is 7.11 Å². The van der Waals surface area contributed by atoms with Crippen molar-refractivity contribution in [1.82, 2.24) is 14.9 Å². The average Bonchev–Trinajstić information content (AvgIpc) is 3.05. The quantitative estimate of drug-likeness (QED) is 0.823. The second-order valence-electron chi connectivity index (χ2n) is 5.22. The zero-order chi connectivity index (χ0) is 13.9. The molecule has 1 aromatic rings. The van der Waals surface area contributed by atoms with E-state index in [4.69, 9.17) is 4.74 Å². The van der Waals surface area contributed by atoms with Gasteiger partial charge in [0, 0.05) is 24.9 Å². The van der Waals surface area contributed by atoms with Crippen LogP contribution in [-0.2, 0) is 16.0 Å². The molecule has 0 aliphatic heterocycles. The summed E-state index contributed by atoms with van der Waals surface area (Å²) >= 11 is 0. The molecule has 2 atom stereocenters. The minimum absolute atomic E-state index is 0.158. The number of rotatable bonds is 5. The minimum atomic E-state index is -0.535. The first-order chi connectivity index (χ1) is 9.16. The van der Waals surface area contributed by atoms with Crippen LogP contribution in [0.3, 0.4) is 0 Å². The number of likely N-dealkylation sites (N-methyl/N-ethyl adjacent to an activating group) is 1. The summed E-state index contributed by atoms with van der Waals surface area (Å²) in [5.74, 6) is 0.957. The van der Waals surface area contributed by atoms with E-state index in [0.717, 1.165) is 37.9 Å². The Bertz CT molecular complexity index is 444. The molecule has 1 heterocycles. The van der Waals surface area contributed by atoms with Crippen molar-refractivity contribution in [3.05, 3.63) is 18.2 Å². The van der Waals surface area contributed by atoms with Gasteiger partial charge in [0.25, 0.3) is 0 Å². The Morgan fingerprint density at radius 3 is 3.11 bits per heavy atom. The molecule has 1 aromatic heterocycles. The molecular formula is C14H23N3O2. The van der Waals surface area contributed by atoms with Gasteiger partial charge in [0.2, 0.25) is 0 Å². The number of imidazole rings is 1. The predicted molar refractivity (Wildman–Crippen MR) is 72.9 cm³/mol. The number of methoxy groups -OCH3 is 1. The van der Waals surface area contributed by atoms with Gasteiger partial charge in [0.15, 0.2) is 0 Å². The molecule has 0 bridgehead atoms. The van der Waals surface area contributed by atoms with Gasteiger partial charge in [-0.25, -0.2) is 4.98 Å². The summed E-state index contributed by atoms with van der Waals surface area (Å²) in [6, 6.07) is 0.329. The molecule has 2 unspecified atom stereocenters. The SMILES string of the molecule is CCCc1nccn1C1CCC(NC)(C(=O)OC)C1. The number of carbonyl (C=O) groups excluding carboxylic acids is 1. The summed E-state index contributed by atoms with van der Waals surface area (Å²) in [5, 5.41) is 3.16. The van der Waals surface area contributed by atoms with Crippen LogP contribution in [0.5, 0.6) is 0 Å². The Kier molecular flexibility index (Phi) is 4.24. The van der Waals surface area contributed by atoms with E-state index in [0.29, 0.717) is 6.04 Å². The Labute approximate surface area is 114 Å². The predicted octanol–water partition coefficient (Wildman–Crippen LogP) is 1.69. The first-order valence-corrected chi connectivity index (χ1v) is 6.96. The molecule has 1 fully saturated rings. The summed E-state index contributed by atoms with van der Waals surface area (Å²) < 4.78 is 7.17. The van der Waals surface area contributed by atoms with E-state index in [-0.39, 0.29) is 5.97 Å². The maximum Gasteiger partial charge on any atom is 0.326 e. The van der Waals surface area contributed by atoms with Crippen molar-refractivity contribution in [1.29, 1.82) is 0 Å². The summed E-state index contributed by atoms with van der Waals surface area (Å²) in [7, 11) is 3.29. The Hall–Kier alpha value is -1.36. The molecule has 5 heteroatoms. The zero-order valence-corrected chi connectivity index (χ0v) is 12.0. The molecule has 1 aliphatic rings. The largest absolute Gasteiger partial charge is 0.468 e. The van der Waals surface area contributed by atoms with Crippen LogP contribution in [0.1, 0.15) is 44.5 Å². The average molecular weight is 265 g/mol. The number of nitrogens with zero attached hydrogens (tertiary/aromatic N) is 2. The number of nitrogens with one attached hydrogen (secondary N) is 1. The molecule has 0 spiro atoms. The maximum absolute atomic E-state index is 12.0. The van der Waals surface area contributed by atoms with Crippen molar-refractivity contribution < 1.29 is 9.53 Å². The van der Waals surface area contributed by atoms with E-state index in [1.54, 1.807) is 0 Å². The van der Waals surface area contributed by atoms with Crippen LogP contribution < -0.4 is 5.32 Å².